The van der Waals surface area contributed by atoms with E-state index in [1.54, 1.807) is 14.2 Å². The molecule has 1 N–H and O–H groups in total. The molecule has 0 amide bonds. The molecule has 2 fully saturated rings. The van der Waals surface area contributed by atoms with Crippen LogP contribution in [0.25, 0.3) is 0 Å². The maximum absolute atomic E-state index is 13.4. The quantitative estimate of drug-likeness (QED) is 0.0696. The molecule has 1 unspecified atom stereocenters. The number of hydrogen-bond donors (Lipinski definition) is 1. The summed E-state index contributed by atoms with van der Waals surface area (Å²) in [5.74, 6) is 1.37. The lowest BCUT2D eigenvalue weighted by molar-refractivity contribution is -0.268. The van der Waals surface area contributed by atoms with E-state index in [2.05, 4.69) is 43.4 Å². The SMILES string of the molecule is COc1ccc(C(OC[C@@]23O[C@@H](n4ccc(=O)[nH]c4=O)[C@H](OC2(C)C)[C@@H]3OP(OCCC#N)N(C(C)C)C(C)C)(c2ccccc2)c2ccc(OC)cc2)cc1. The van der Waals surface area contributed by atoms with Gasteiger partial charge in [0.25, 0.3) is 14.1 Å². The van der Waals surface area contributed by atoms with Gasteiger partial charge in [0.2, 0.25) is 0 Å². The summed E-state index contributed by atoms with van der Waals surface area (Å²) < 4.78 is 49.5. The van der Waals surface area contributed by atoms with Crippen LogP contribution in [-0.2, 0) is 28.9 Å². The molecule has 56 heavy (non-hydrogen) atoms. The molecular weight excluding hydrogens is 735 g/mol. The number of aromatic nitrogens is 2. The molecule has 2 bridgehead atoms. The average Bonchev–Trinajstić information content (AvgIpc) is 3.59. The Morgan fingerprint density at radius 3 is 1.96 bits per heavy atom. The first-order chi connectivity index (χ1) is 26.8. The smallest absolute Gasteiger partial charge is 0.330 e. The molecule has 13 nitrogen and oxygen atoms in total. The van der Waals surface area contributed by atoms with Crippen LogP contribution < -0.4 is 20.7 Å². The summed E-state index contributed by atoms with van der Waals surface area (Å²) >= 11 is 0. The number of nitriles is 1. The van der Waals surface area contributed by atoms with E-state index in [9.17, 15) is 14.9 Å². The van der Waals surface area contributed by atoms with Gasteiger partial charge < -0.3 is 32.7 Å². The third-order valence-electron chi connectivity index (χ3n) is 10.5. The standard InChI is InChI=1S/C42H51N4O9P/c1-28(2)46(29(3)4)56(52-26-12-24-43)55-37-36-38(45-25-23-35(47)44-39(45)48)54-41(37,40(5,6)53-36)27-51-42(30-13-10-9-11-14-30,31-15-19-33(49-7)20-16-31)32-17-21-34(50-8)22-18-32/h9-11,13-23,25,28-29,36-38H,12,26-27H2,1-8H3,(H,44,47,48)/t36-,37+,38-,41+,56?/m1/s1. The van der Waals surface area contributed by atoms with E-state index in [1.807, 2.05) is 92.7 Å². The van der Waals surface area contributed by atoms with Crippen molar-refractivity contribution in [1.29, 1.82) is 5.26 Å². The number of ether oxygens (including phenoxy) is 5. The van der Waals surface area contributed by atoms with Gasteiger partial charge in [-0.25, -0.2) is 9.46 Å². The summed E-state index contributed by atoms with van der Waals surface area (Å²) in [6.07, 6.45) is -1.12. The second-order valence-electron chi connectivity index (χ2n) is 14.9. The van der Waals surface area contributed by atoms with Crippen molar-refractivity contribution < 1.29 is 32.7 Å². The van der Waals surface area contributed by atoms with Crippen LogP contribution >= 0.6 is 8.53 Å². The van der Waals surface area contributed by atoms with E-state index in [0.717, 1.165) is 16.7 Å². The first kappa shape index (κ1) is 41.3. The summed E-state index contributed by atoms with van der Waals surface area (Å²) in [5, 5.41) is 9.41. The van der Waals surface area contributed by atoms with Crippen molar-refractivity contribution >= 4 is 8.53 Å². The molecular formula is C42H51N4O9P. The first-order valence-corrected chi connectivity index (χ1v) is 19.9. The summed E-state index contributed by atoms with van der Waals surface area (Å²) in [7, 11) is 1.44. The molecule has 14 heteroatoms. The van der Waals surface area contributed by atoms with Crippen molar-refractivity contribution in [2.45, 2.75) is 95.3 Å². The van der Waals surface area contributed by atoms with Crippen LogP contribution in [0.2, 0.25) is 0 Å². The molecule has 0 saturated carbocycles. The van der Waals surface area contributed by atoms with Crippen molar-refractivity contribution in [3.63, 3.8) is 0 Å². The fourth-order valence-corrected chi connectivity index (χ4v) is 9.56. The number of nitrogens with zero attached hydrogens (tertiary/aromatic N) is 3. The van der Waals surface area contributed by atoms with Gasteiger partial charge in [0.1, 0.15) is 29.3 Å². The molecule has 3 heterocycles. The van der Waals surface area contributed by atoms with Crippen molar-refractivity contribution in [1.82, 2.24) is 14.2 Å². The Bertz CT molecular complexity index is 2030. The van der Waals surface area contributed by atoms with E-state index in [1.165, 1.54) is 16.8 Å². The molecule has 2 saturated heterocycles. The van der Waals surface area contributed by atoms with Gasteiger partial charge in [-0.1, -0.05) is 54.6 Å². The number of fused-ring (bicyclic) bond motifs is 2. The summed E-state index contributed by atoms with van der Waals surface area (Å²) in [6.45, 7) is 12.2. The number of nitrogens with one attached hydrogen (secondary N) is 1. The van der Waals surface area contributed by atoms with Crippen LogP contribution in [-0.4, -0.2) is 77.1 Å². The molecule has 2 aliphatic heterocycles. The molecule has 3 aromatic carbocycles. The third-order valence-corrected chi connectivity index (χ3v) is 12.6. The van der Waals surface area contributed by atoms with E-state index in [0.29, 0.717) is 11.5 Å². The Morgan fingerprint density at radius 2 is 1.45 bits per heavy atom. The second kappa shape index (κ2) is 17.0. The number of benzene rings is 3. The molecule has 6 rings (SSSR count). The monoisotopic (exact) mass is 786 g/mol. The number of methoxy groups -OCH3 is 2. The highest BCUT2D eigenvalue weighted by Gasteiger charge is 2.73. The van der Waals surface area contributed by atoms with E-state index >= 15 is 0 Å². The van der Waals surface area contributed by atoms with Gasteiger partial charge in [-0.05, 0) is 82.5 Å². The maximum Gasteiger partial charge on any atom is 0.330 e. The molecule has 4 aromatic rings. The van der Waals surface area contributed by atoms with Crippen LogP contribution in [0.3, 0.4) is 0 Å². The fraction of sp³-hybridized carbons (Fsp3) is 0.452. The van der Waals surface area contributed by atoms with Gasteiger partial charge in [0.15, 0.2) is 11.8 Å². The number of aromatic amines is 1. The Labute approximate surface area is 329 Å². The lowest BCUT2D eigenvalue weighted by atomic mass is 9.79. The third kappa shape index (κ3) is 7.68. The molecule has 5 atom stereocenters. The number of H-pyrrole nitrogens is 1. The minimum absolute atomic E-state index is 0.0118. The minimum atomic E-state index is -1.80. The highest BCUT2D eigenvalue weighted by atomic mass is 31.2. The Hall–Kier alpha value is -4.38. The first-order valence-electron chi connectivity index (χ1n) is 18.7. The molecule has 0 spiro atoms. The van der Waals surface area contributed by atoms with Gasteiger partial charge >= 0.3 is 5.69 Å². The van der Waals surface area contributed by atoms with E-state index in [-0.39, 0.29) is 31.7 Å². The van der Waals surface area contributed by atoms with Gasteiger partial charge in [-0.15, -0.1) is 0 Å². The normalized spacial score (nSPS) is 22.1. The molecule has 1 aromatic heterocycles. The van der Waals surface area contributed by atoms with Gasteiger partial charge in [-0.3, -0.25) is 14.3 Å². The predicted molar refractivity (Wildman–Crippen MR) is 211 cm³/mol. The Balaban J connectivity index is 1.54. The van der Waals surface area contributed by atoms with Crippen molar-refractivity contribution in [3.05, 3.63) is 129 Å². The van der Waals surface area contributed by atoms with Crippen molar-refractivity contribution in [2.75, 3.05) is 27.4 Å². The molecule has 2 aliphatic rings. The van der Waals surface area contributed by atoms with Crippen LogP contribution in [0.4, 0.5) is 0 Å². The zero-order chi connectivity index (χ0) is 40.3. The molecule has 0 aliphatic carbocycles. The largest absolute Gasteiger partial charge is 0.497 e. The topological polar surface area (TPSA) is 147 Å². The van der Waals surface area contributed by atoms with Crippen LogP contribution in [0.5, 0.6) is 11.5 Å². The number of rotatable bonds is 17. The molecule has 298 valence electrons. The van der Waals surface area contributed by atoms with Crippen molar-refractivity contribution in [2.24, 2.45) is 0 Å². The van der Waals surface area contributed by atoms with E-state index < -0.39 is 55.0 Å². The van der Waals surface area contributed by atoms with Gasteiger partial charge in [0.05, 0.1) is 45.5 Å². The van der Waals surface area contributed by atoms with Crippen LogP contribution in [0, 0.1) is 11.3 Å². The lowest BCUT2D eigenvalue weighted by Crippen LogP contribution is -2.59. The zero-order valence-corrected chi connectivity index (χ0v) is 34.0. The Kier molecular flexibility index (Phi) is 12.5. The van der Waals surface area contributed by atoms with Crippen LogP contribution in [0.1, 0.15) is 70.9 Å². The van der Waals surface area contributed by atoms with Crippen LogP contribution in [0.15, 0.2) is 101 Å². The van der Waals surface area contributed by atoms with Gasteiger partial charge in [0, 0.05) is 24.3 Å². The fourth-order valence-electron chi connectivity index (χ4n) is 7.77. The highest BCUT2D eigenvalue weighted by molar-refractivity contribution is 7.44. The average molecular weight is 787 g/mol. The summed E-state index contributed by atoms with van der Waals surface area (Å²) in [6, 6.07) is 28.9. The van der Waals surface area contributed by atoms with E-state index in [4.69, 9.17) is 32.7 Å². The van der Waals surface area contributed by atoms with Crippen molar-refractivity contribution in [3.8, 4) is 17.6 Å². The lowest BCUT2D eigenvalue weighted by Gasteiger charge is -2.46. The van der Waals surface area contributed by atoms with Gasteiger partial charge in [-0.2, -0.15) is 5.26 Å². The predicted octanol–water partition coefficient (Wildman–Crippen LogP) is 6.67. The molecule has 0 radical (unpaired) electrons. The zero-order valence-electron chi connectivity index (χ0n) is 33.1. The number of hydrogen-bond acceptors (Lipinski definition) is 11. The summed E-state index contributed by atoms with van der Waals surface area (Å²) in [5.41, 5.74) is -2.34. The maximum atomic E-state index is 13.4. The Morgan fingerprint density at radius 1 is 0.875 bits per heavy atom. The second-order valence-corrected chi connectivity index (χ2v) is 16.3. The minimum Gasteiger partial charge on any atom is -0.497 e. The summed E-state index contributed by atoms with van der Waals surface area (Å²) in [4.78, 5) is 27.9. The highest BCUT2D eigenvalue weighted by Crippen LogP contribution is 2.60.